The molecular weight excluding hydrogens is 368 g/mol. The first-order chi connectivity index (χ1) is 14.0. The normalized spacial score (nSPS) is 10.7. The highest BCUT2D eigenvalue weighted by Crippen LogP contribution is 2.26. The topological polar surface area (TPSA) is 115 Å². The van der Waals surface area contributed by atoms with Crippen LogP contribution >= 0.6 is 0 Å². The fourth-order valence-corrected chi connectivity index (χ4v) is 3.12. The summed E-state index contributed by atoms with van der Waals surface area (Å²) in [6.45, 7) is 0. The Morgan fingerprint density at radius 2 is 1.69 bits per heavy atom. The van der Waals surface area contributed by atoms with Crippen LogP contribution in [0.15, 0.2) is 67.1 Å². The molecule has 0 aliphatic carbocycles. The molecular formula is C21H18N6O2. The van der Waals surface area contributed by atoms with E-state index in [1.807, 2.05) is 18.2 Å². The number of para-hydroxylation sites is 1. The number of benzene rings is 2. The number of amides is 2. The van der Waals surface area contributed by atoms with Crippen molar-refractivity contribution in [1.29, 1.82) is 0 Å². The Bertz CT molecular complexity index is 1220. The lowest BCUT2D eigenvalue weighted by Crippen LogP contribution is -2.19. The van der Waals surface area contributed by atoms with Gasteiger partial charge < -0.3 is 20.9 Å². The fraction of sp³-hybridized carbons (Fsp3) is 0.0476. The molecule has 0 radical (unpaired) electrons. The summed E-state index contributed by atoms with van der Waals surface area (Å²) < 4.78 is 1.73. The Kier molecular flexibility index (Phi) is 4.66. The lowest BCUT2D eigenvalue weighted by Gasteiger charge is -2.09. The number of nitrogens with two attached hydrogens (primary N) is 1. The maximum absolute atomic E-state index is 13.1. The van der Waals surface area contributed by atoms with Crippen molar-refractivity contribution in [3.8, 4) is 0 Å². The molecule has 0 bridgehead atoms. The van der Waals surface area contributed by atoms with E-state index < -0.39 is 6.03 Å². The maximum Gasteiger partial charge on any atom is 0.323 e. The summed E-state index contributed by atoms with van der Waals surface area (Å²) in [4.78, 5) is 33.5. The minimum absolute atomic E-state index is 0.232. The van der Waals surface area contributed by atoms with Crippen LogP contribution in [0.25, 0.3) is 11.0 Å². The van der Waals surface area contributed by atoms with E-state index in [2.05, 4.69) is 20.6 Å². The van der Waals surface area contributed by atoms with E-state index in [0.717, 1.165) is 0 Å². The summed E-state index contributed by atoms with van der Waals surface area (Å²) in [5, 5.41) is 5.98. The Labute approximate surface area is 166 Å². The Balaban J connectivity index is 1.59. The highest BCUT2D eigenvalue weighted by atomic mass is 16.2. The average Bonchev–Trinajstić information content (AvgIpc) is 3.06. The van der Waals surface area contributed by atoms with Crippen molar-refractivity contribution in [2.75, 3.05) is 16.4 Å². The van der Waals surface area contributed by atoms with Crippen molar-refractivity contribution in [3.63, 3.8) is 0 Å². The van der Waals surface area contributed by atoms with Gasteiger partial charge in [0.05, 0.1) is 10.9 Å². The van der Waals surface area contributed by atoms with Gasteiger partial charge in [-0.15, -0.1) is 0 Å². The van der Waals surface area contributed by atoms with Crippen molar-refractivity contribution < 1.29 is 9.59 Å². The smallest absolute Gasteiger partial charge is 0.323 e. The van der Waals surface area contributed by atoms with Gasteiger partial charge in [-0.3, -0.25) is 4.79 Å². The minimum Gasteiger partial charge on any atom is -0.383 e. The molecule has 0 aliphatic rings. The fourth-order valence-electron chi connectivity index (χ4n) is 3.12. The van der Waals surface area contributed by atoms with Gasteiger partial charge in [0.2, 0.25) is 0 Å². The molecule has 0 atom stereocenters. The number of carbonyl (C=O) groups excluding carboxylic acids is 2. The second-order valence-electron chi connectivity index (χ2n) is 6.47. The van der Waals surface area contributed by atoms with Crippen molar-refractivity contribution in [2.24, 2.45) is 7.05 Å². The monoisotopic (exact) mass is 386 g/mol. The molecule has 0 fully saturated rings. The Hall–Kier alpha value is -4.20. The van der Waals surface area contributed by atoms with Gasteiger partial charge in [0.1, 0.15) is 17.8 Å². The summed E-state index contributed by atoms with van der Waals surface area (Å²) in [7, 11) is 1.79. The van der Waals surface area contributed by atoms with E-state index in [4.69, 9.17) is 5.73 Å². The summed E-state index contributed by atoms with van der Waals surface area (Å²) in [5.41, 5.74) is 8.54. The van der Waals surface area contributed by atoms with Gasteiger partial charge in [-0.05, 0) is 24.3 Å². The van der Waals surface area contributed by atoms with Crippen LogP contribution in [0.2, 0.25) is 0 Å². The van der Waals surface area contributed by atoms with E-state index in [9.17, 15) is 9.59 Å². The van der Waals surface area contributed by atoms with E-state index in [0.29, 0.717) is 33.5 Å². The van der Waals surface area contributed by atoms with Crippen LogP contribution in [0.1, 0.15) is 15.9 Å². The van der Waals surface area contributed by atoms with Crippen LogP contribution in [0.3, 0.4) is 0 Å². The van der Waals surface area contributed by atoms with Crippen LogP contribution < -0.4 is 16.4 Å². The van der Waals surface area contributed by atoms with Gasteiger partial charge >= 0.3 is 6.03 Å². The number of anilines is 3. The molecule has 8 nitrogen and oxygen atoms in total. The molecule has 2 amide bonds. The number of nitrogen functional groups attached to an aromatic ring is 1. The molecule has 0 aliphatic heterocycles. The van der Waals surface area contributed by atoms with E-state index in [-0.39, 0.29) is 11.6 Å². The minimum atomic E-state index is -0.399. The van der Waals surface area contributed by atoms with Crippen LogP contribution in [-0.4, -0.2) is 26.3 Å². The number of aromatic nitrogens is 3. The number of rotatable bonds is 4. The third-order valence-corrected chi connectivity index (χ3v) is 4.44. The summed E-state index contributed by atoms with van der Waals surface area (Å²) in [5.74, 6) is 0.0136. The SMILES string of the molecule is Cn1cc(C(=O)c2cccc(NC(=O)Nc3ccccc3)c2)c2c(N)ncnc21. The molecule has 0 unspecified atom stereocenters. The summed E-state index contributed by atoms with van der Waals surface area (Å²) in [6.07, 6.45) is 3.04. The Morgan fingerprint density at radius 3 is 2.48 bits per heavy atom. The molecule has 8 heteroatoms. The molecule has 4 rings (SSSR count). The first kappa shape index (κ1) is 18.2. The van der Waals surface area contributed by atoms with Crippen LogP contribution in [0, 0.1) is 0 Å². The number of aryl methyl sites for hydroxylation is 1. The van der Waals surface area contributed by atoms with E-state index in [1.165, 1.54) is 6.33 Å². The molecule has 0 saturated carbocycles. The largest absolute Gasteiger partial charge is 0.383 e. The third-order valence-electron chi connectivity index (χ3n) is 4.44. The van der Waals surface area contributed by atoms with Gasteiger partial charge in [0.25, 0.3) is 0 Å². The predicted octanol–water partition coefficient (Wildman–Crippen LogP) is 3.43. The summed E-state index contributed by atoms with van der Waals surface area (Å²) >= 11 is 0. The van der Waals surface area contributed by atoms with Gasteiger partial charge in [0, 0.05) is 30.2 Å². The van der Waals surface area contributed by atoms with E-state index in [1.54, 1.807) is 54.2 Å². The van der Waals surface area contributed by atoms with Gasteiger partial charge in [-0.25, -0.2) is 14.8 Å². The third kappa shape index (κ3) is 3.63. The zero-order valence-corrected chi connectivity index (χ0v) is 15.6. The average molecular weight is 386 g/mol. The molecule has 2 aromatic heterocycles. The van der Waals surface area contributed by atoms with Crippen LogP contribution in [0.4, 0.5) is 22.0 Å². The molecule has 0 saturated heterocycles. The lowest BCUT2D eigenvalue weighted by atomic mass is 10.0. The van der Waals surface area contributed by atoms with E-state index >= 15 is 0 Å². The molecule has 29 heavy (non-hydrogen) atoms. The number of ketones is 1. The highest BCUT2D eigenvalue weighted by molar-refractivity contribution is 6.18. The summed E-state index contributed by atoms with van der Waals surface area (Å²) in [6, 6.07) is 15.4. The number of nitrogens with one attached hydrogen (secondary N) is 2. The number of nitrogens with zero attached hydrogens (tertiary/aromatic N) is 3. The molecule has 4 aromatic rings. The lowest BCUT2D eigenvalue weighted by molar-refractivity contribution is 0.104. The molecule has 4 N–H and O–H groups in total. The number of fused-ring (bicyclic) bond motifs is 1. The molecule has 0 spiro atoms. The second-order valence-corrected chi connectivity index (χ2v) is 6.47. The molecule has 2 aromatic carbocycles. The first-order valence-corrected chi connectivity index (χ1v) is 8.86. The molecule has 144 valence electrons. The zero-order chi connectivity index (χ0) is 20.4. The van der Waals surface area contributed by atoms with Gasteiger partial charge in [-0.1, -0.05) is 30.3 Å². The van der Waals surface area contributed by atoms with Crippen molar-refractivity contribution in [3.05, 3.63) is 78.2 Å². The quantitative estimate of drug-likeness (QED) is 0.465. The number of hydrogen-bond donors (Lipinski definition) is 3. The van der Waals surface area contributed by atoms with Crippen molar-refractivity contribution >= 4 is 40.0 Å². The van der Waals surface area contributed by atoms with Crippen LogP contribution in [0.5, 0.6) is 0 Å². The van der Waals surface area contributed by atoms with Crippen LogP contribution in [-0.2, 0) is 7.05 Å². The van der Waals surface area contributed by atoms with Gasteiger partial charge in [-0.2, -0.15) is 0 Å². The number of carbonyl (C=O) groups is 2. The standard InChI is InChI=1S/C21H18N6O2/c1-27-11-16(17-19(22)23-12-24-20(17)27)18(28)13-6-5-9-15(10-13)26-21(29)25-14-7-3-2-4-8-14/h2-12H,1H3,(H2,22,23,24)(H2,25,26,29). The van der Waals surface area contributed by atoms with Gasteiger partial charge in [0.15, 0.2) is 5.78 Å². The van der Waals surface area contributed by atoms with Crippen molar-refractivity contribution in [2.45, 2.75) is 0 Å². The number of hydrogen-bond acceptors (Lipinski definition) is 5. The molecule has 2 heterocycles. The second kappa shape index (κ2) is 7.43. The highest BCUT2D eigenvalue weighted by Gasteiger charge is 2.19. The maximum atomic E-state index is 13.1. The predicted molar refractivity (Wildman–Crippen MR) is 112 cm³/mol. The van der Waals surface area contributed by atoms with Crippen molar-refractivity contribution in [1.82, 2.24) is 14.5 Å². The zero-order valence-electron chi connectivity index (χ0n) is 15.6. The first-order valence-electron chi connectivity index (χ1n) is 8.86. The number of urea groups is 1. The Morgan fingerprint density at radius 1 is 0.966 bits per heavy atom.